The van der Waals surface area contributed by atoms with Crippen LogP contribution in [0.1, 0.15) is 37.7 Å². The van der Waals surface area contributed by atoms with Crippen LogP contribution < -0.4 is 21.9 Å². The molecule has 2 rings (SSSR count). The molecule has 4 N–H and O–H groups in total. The Morgan fingerprint density at radius 2 is 2.00 bits per heavy atom. The van der Waals surface area contributed by atoms with E-state index in [-0.39, 0.29) is 6.54 Å². The third-order valence-corrected chi connectivity index (χ3v) is 4.63. The minimum Gasteiger partial charge on any atom is -0.394 e. The monoisotopic (exact) mass is 366 g/mol. The number of aliphatic hydroxyl groups is 1. The Morgan fingerprint density at radius 1 is 1.31 bits per heavy atom. The van der Waals surface area contributed by atoms with Gasteiger partial charge in [-0.05, 0) is 25.7 Å². The maximum Gasteiger partial charge on any atom is 0.328 e. The largest absolute Gasteiger partial charge is 0.394 e. The average Bonchev–Trinajstić information content (AvgIpc) is 2.63. The number of amides is 2. The van der Waals surface area contributed by atoms with Crippen molar-refractivity contribution in [2.45, 2.75) is 51.6 Å². The molecule has 2 amide bonds. The Balaban J connectivity index is 1.88. The van der Waals surface area contributed by atoms with Crippen molar-refractivity contribution in [2.75, 3.05) is 13.2 Å². The summed E-state index contributed by atoms with van der Waals surface area (Å²) in [5, 5.41) is 14.6. The number of hydrogen-bond donors (Lipinski definition) is 4. The lowest BCUT2D eigenvalue weighted by Gasteiger charge is -2.23. The van der Waals surface area contributed by atoms with Crippen molar-refractivity contribution in [3.63, 3.8) is 0 Å². The van der Waals surface area contributed by atoms with Gasteiger partial charge in [0, 0.05) is 18.3 Å². The molecule has 1 fully saturated rings. The Morgan fingerprint density at radius 3 is 2.65 bits per heavy atom. The van der Waals surface area contributed by atoms with Crippen LogP contribution in [0.5, 0.6) is 0 Å². The molecule has 1 aliphatic carbocycles. The van der Waals surface area contributed by atoms with Crippen LogP contribution in [0.4, 0.5) is 0 Å². The van der Waals surface area contributed by atoms with Gasteiger partial charge in [0.25, 0.3) is 5.56 Å². The van der Waals surface area contributed by atoms with E-state index in [1.54, 1.807) is 0 Å². The van der Waals surface area contributed by atoms with Gasteiger partial charge in [0.15, 0.2) is 0 Å². The molecule has 1 aromatic heterocycles. The number of carbonyl (C=O) groups excluding carboxylic acids is 2. The number of aliphatic hydroxyl groups excluding tert-OH is 1. The van der Waals surface area contributed by atoms with Gasteiger partial charge >= 0.3 is 5.69 Å². The van der Waals surface area contributed by atoms with Crippen LogP contribution in [0.2, 0.25) is 0 Å². The molecule has 1 aliphatic rings. The number of nitrogens with zero attached hydrogens (tertiary/aromatic N) is 1. The van der Waals surface area contributed by atoms with E-state index in [9.17, 15) is 24.3 Å². The van der Waals surface area contributed by atoms with Gasteiger partial charge < -0.3 is 15.7 Å². The molecule has 1 saturated carbocycles. The lowest BCUT2D eigenvalue weighted by Crippen LogP contribution is -2.51. The molecule has 1 aromatic rings. The first-order valence-electron chi connectivity index (χ1n) is 8.89. The molecule has 9 nitrogen and oxygen atoms in total. The number of H-pyrrole nitrogens is 1. The minimum absolute atomic E-state index is 0.293. The summed E-state index contributed by atoms with van der Waals surface area (Å²) >= 11 is 0. The maximum absolute atomic E-state index is 12.2. The fourth-order valence-electron chi connectivity index (χ4n) is 3.08. The standard InChI is InChI=1S/C17H26N4O5/c1-11-8-21(17(26)20-15(11)24)9-14(23)19-13(10-22)16(25)18-7-12-5-3-2-4-6-12/h8,12-13,22H,2-7,9-10H2,1H3,(H,18,25)(H,19,23)(H,20,24,26). The summed E-state index contributed by atoms with van der Waals surface area (Å²) in [6.45, 7) is 1.15. The van der Waals surface area contributed by atoms with Gasteiger partial charge in [-0.25, -0.2) is 4.79 Å². The van der Waals surface area contributed by atoms with Crippen LogP contribution in [0, 0.1) is 12.8 Å². The molecule has 0 aliphatic heterocycles. The zero-order chi connectivity index (χ0) is 19.1. The number of nitrogens with one attached hydrogen (secondary N) is 3. The quantitative estimate of drug-likeness (QED) is 0.492. The van der Waals surface area contributed by atoms with Gasteiger partial charge in [0.1, 0.15) is 12.6 Å². The van der Waals surface area contributed by atoms with Crippen molar-refractivity contribution in [1.29, 1.82) is 0 Å². The number of carbonyl (C=O) groups is 2. The highest BCUT2D eigenvalue weighted by atomic mass is 16.3. The summed E-state index contributed by atoms with van der Waals surface area (Å²) in [7, 11) is 0. The molecule has 1 atom stereocenters. The van der Waals surface area contributed by atoms with E-state index >= 15 is 0 Å². The third kappa shape index (κ3) is 5.55. The SMILES string of the molecule is Cc1cn(CC(=O)NC(CO)C(=O)NCC2CCCCC2)c(=O)[nH]c1=O. The number of rotatable bonds is 7. The van der Waals surface area contributed by atoms with Crippen LogP contribution in [-0.4, -0.2) is 45.7 Å². The van der Waals surface area contributed by atoms with Crippen molar-refractivity contribution >= 4 is 11.8 Å². The molecule has 1 heterocycles. The number of aryl methyl sites for hydroxylation is 1. The molecule has 0 bridgehead atoms. The van der Waals surface area contributed by atoms with E-state index in [0.29, 0.717) is 18.0 Å². The molecule has 9 heteroatoms. The molecule has 0 spiro atoms. The van der Waals surface area contributed by atoms with Gasteiger partial charge in [-0.2, -0.15) is 0 Å². The summed E-state index contributed by atoms with van der Waals surface area (Å²) in [4.78, 5) is 49.4. The van der Waals surface area contributed by atoms with Crippen LogP contribution in [-0.2, 0) is 16.1 Å². The van der Waals surface area contributed by atoms with E-state index in [2.05, 4.69) is 15.6 Å². The Kier molecular flexibility index (Phi) is 7.14. The molecule has 0 saturated heterocycles. The van der Waals surface area contributed by atoms with E-state index < -0.39 is 35.7 Å². The van der Waals surface area contributed by atoms with Crippen LogP contribution in [0.15, 0.2) is 15.8 Å². The first kappa shape index (κ1) is 19.9. The second-order valence-corrected chi connectivity index (χ2v) is 6.75. The van der Waals surface area contributed by atoms with Gasteiger partial charge in [-0.3, -0.25) is 23.9 Å². The van der Waals surface area contributed by atoms with E-state index in [4.69, 9.17) is 0 Å². The fraction of sp³-hybridized carbons (Fsp3) is 0.647. The van der Waals surface area contributed by atoms with Crippen molar-refractivity contribution in [2.24, 2.45) is 5.92 Å². The number of aromatic nitrogens is 2. The van der Waals surface area contributed by atoms with Crippen LogP contribution >= 0.6 is 0 Å². The van der Waals surface area contributed by atoms with E-state index in [1.807, 2.05) is 0 Å². The van der Waals surface area contributed by atoms with Crippen molar-refractivity contribution < 1.29 is 14.7 Å². The summed E-state index contributed by atoms with van der Waals surface area (Å²) < 4.78 is 1.04. The molecular formula is C17H26N4O5. The van der Waals surface area contributed by atoms with Crippen molar-refractivity contribution in [3.05, 3.63) is 32.6 Å². The average molecular weight is 366 g/mol. The summed E-state index contributed by atoms with van der Waals surface area (Å²) in [6.07, 6.45) is 6.97. The molecular weight excluding hydrogens is 340 g/mol. The van der Waals surface area contributed by atoms with E-state index in [1.165, 1.54) is 19.5 Å². The normalized spacial score (nSPS) is 16.1. The van der Waals surface area contributed by atoms with Gasteiger partial charge in [-0.15, -0.1) is 0 Å². The molecule has 26 heavy (non-hydrogen) atoms. The molecule has 0 aromatic carbocycles. The van der Waals surface area contributed by atoms with Gasteiger partial charge in [0.05, 0.1) is 6.61 Å². The molecule has 144 valence electrons. The maximum atomic E-state index is 12.2. The lowest BCUT2D eigenvalue weighted by atomic mass is 9.89. The lowest BCUT2D eigenvalue weighted by molar-refractivity contribution is -0.130. The third-order valence-electron chi connectivity index (χ3n) is 4.63. The van der Waals surface area contributed by atoms with Gasteiger partial charge in [-0.1, -0.05) is 19.3 Å². The van der Waals surface area contributed by atoms with E-state index in [0.717, 1.165) is 30.3 Å². The molecule has 0 radical (unpaired) electrons. The molecule has 1 unspecified atom stereocenters. The summed E-state index contributed by atoms with van der Waals surface area (Å²) in [6, 6.07) is -1.08. The second-order valence-electron chi connectivity index (χ2n) is 6.75. The van der Waals surface area contributed by atoms with Crippen molar-refractivity contribution in [3.8, 4) is 0 Å². The second kappa shape index (κ2) is 9.33. The van der Waals surface area contributed by atoms with Crippen LogP contribution in [0.25, 0.3) is 0 Å². The van der Waals surface area contributed by atoms with Crippen molar-refractivity contribution in [1.82, 2.24) is 20.2 Å². The van der Waals surface area contributed by atoms with Crippen LogP contribution in [0.3, 0.4) is 0 Å². The predicted molar refractivity (Wildman–Crippen MR) is 94.7 cm³/mol. The number of aromatic amines is 1. The Hall–Kier alpha value is -2.42. The smallest absolute Gasteiger partial charge is 0.328 e. The highest BCUT2D eigenvalue weighted by Crippen LogP contribution is 2.22. The zero-order valence-electron chi connectivity index (χ0n) is 14.9. The zero-order valence-corrected chi connectivity index (χ0v) is 14.9. The summed E-state index contributed by atoms with van der Waals surface area (Å²) in [5.41, 5.74) is -0.929. The Labute approximate surface area is 150 Å². The predicted octanol–water partition coefficient (Wildman–Crippen LogP) is -0.981. The first-order valence-corrected chi connectivity index (χ1v) is 8.89. The topological polar surface area (TPSA) is 133 Å². The fourth-order valence-corrected chi connectivity index (χ4v) is 3.08. The minimum atomic E-state index is -1.08. The van der Waals surface area contributed by atoms with Gasteiger partial charge in [0.2, 0.25) is 11.8 Å². The highest BCUT2D eigenvalue weighted by Gasteiger charge is 2.22. The first-order chi connectivity index (χ1) is 12.4. The summed E-state index contributed by atoms with van der Waals surface area (Å²) in [5.74, 6) is -0.618. The highest BCUT2D eigenvalue weighted by molar-refractivity contribution is 5.87. The number of hydrogen-bond acceptors (Lipinski definition) is 5. The Bertz CT molecular complexity index is 748.